The van der Waals surface area contributed by atoms with Crippen molar-refractivity contribution < 1.29 is 4.74 Å². The number of nitrogen functional groups attached to an aromatic ring is 1. The van der Waals surface area contributed by atoms with E-state index in [1.54, 1.807) is 13.1 Å². The van der Waals surface area contributed by atoms with Gasteiger partial charge in [0.15, 0.2) is 5.16 Å². The lowest BCUT2D eigenvalue weighted by molar-refractivity contribution is 0.417. The monoisotopic (exact) mass is 253 g/mol. The van der Waals surface area contributed by atoms with Crippen LogP contribution in [0.15, 0.2) is 17.6 Å². The summed E-state index contributed by atoms with van der Waals surface area (Å²) in [4.78, 5) is 12.2. The molecule has 0 fully saturated rings. The Morgan fingerprint density at radius 3 is 2.88 bits per heavy atom. The second-order valence-electron chi connectivity index (χ2n) is 3.03. The number of hydrazine groups is 1. The van der Waals surface area contributed by atoms with Crippen LogP contribution in [0.5, 0.6) is 11.9 Å². The molecule has 17 heavy (non-hydrogen) atoms. The van der Waals surface area contributed by atoms with Crippen LogP contribution in [0.2, 0.25) is 0 Å². The van der Waals surface area contributed by atoms with Gasteiger partial charge in [0.2, 0.25) is 5.88 Å². The van der Waals surface area contributed by atoms with Gasteiger partial charge in [-0.25, -0.2) is 10.8 Å². The summed E-state index contributed by atoms with van der Waals surface area (Å²) in [5.41, 5.74) is 2.44. The zero-order valence-electron chi connectivity index (χ0n) is 9.28. The molecule has 0 saturated heterocycles. The fraction of sp³-hybridized carbons (Fsp3) is 0.250. The molecule has 9 heteroatoms. The van der Waals surface area contributed by atoms with E-state index in [1.807, 2.05) is 6.26 Å². The number of nitrogens with one attached hydrogen (secondary N) is 1. The van der Waals surface area contributed by atoms with Crippen LogP contribution < -0.4 is 16.0 Å². The molecule has 0 aliphatic rings. The Morgan fingerprint density at radius 1 is 1.47 bits per heavy atom. The number of aryl methyl sites for hydroxylation is 1. The Hall–Kier alpha value is -1.87. The Morgan fingerprint density at radius 2 is 2.29 bits per heavy atom. The third-order valence-electron chi connectivity index (χ3n) is 1.79. The van der Waals surface area contributed by atoms with Gasteiger partial charge in [0.05, 0.1) is 0 Å². The number of rotatable bonds is 4. The molecule has 0 aliphatic heterocycles. The van der Waals surface area contributed by atoms with Gasteiger partial charge in [0.25, 0.3) is 0 Å². The van der Waals surface area contributed by atoms with Gasteiger partial charge < -0.3 is 10.2 Å². The van der Waals surface area contributed by atoms with E-state index in [-0.39, 0.29) is 6.01 Å². The Bertz CT molecular complexity index is 492. The van der Waals surface area contributed by atoms with Crippen LogP contribution in [0.1, 0.15) is 0 Å². The summed E-state index contributed by atoms with van der Waals surface area (Å²) in [6.07, 6.45) is 3.40. The first kappa shape index (κ1) is 11.6. The van der Waals surface area contributed by atoms with Gasteiger partial charge in [-0.05, 0) is 6.26 Å². The van der Waals surface area contributed by atoms with Crippen LogP contribution in [0.25, 0.3) is 0 Å². The zero-order valence-corrected chi connectivity index (χ0v) is 10.1. The minimum absolute atomic E-state index is 0.223. The molecule has 0 bridgehead atoms. The number of ether oxygens (including phenoxy) is 1. The molecule has 3 N–H and O–H groups in total. The third-order valence-corrected chi connectivity index (χ3v) is 2.33. The highest BCUT2D eigenvalue weighted by Gasteiger charge is 2.07. The quantitative estimate of drug-likeness (QED) is 0.349. The molecule has 0 saturated carbocycles. The molecule has 0 aromatic carbocycles. The van der Waals surface area contributed by atoms with Crippen LogP contribution in [0.4, 0.5) is 5.82 Å². The molecule has 0 atom stereocenters. The van der Waals surface area contributed by atoms with E-state index in [9.17, 15) is 0 Å². The van der Waals surface area contributed by atoms with Crippen molar-refractivity contribution >= 4 is 17.6 Å². The number of anilines is 1. The second kappa shape index (κ2) is 4.97. The Labute approximate surface area is 102 Å². The van der Waals surface area contributed by atoms with Crippen LogP contribution in [-0.4, -0.2) is 31.0 Å². The number of hydrogen-bond acceptors (Lipinski definition) is 8. The molecule has 2 aromatic heterocycles. The van der Waals surface area contributed by atoms with Gasteiger partial charge in [0.1, 0.15) is 12.1 Å². The maximum absolute atomic E-state index is 5.38. The number of nitrogens with two attached hydrogens (primary N) is 1. The summed E-state index contributed by atoms with van der Waals surface area (Å²) in [5, 5.41) is 4.53. The molecule has 2 aromatic rings. The molecule has 0 unspecified atom stereocenters. The van der Waals surface area contributed by atoms with Gasteiger partial charge in [-0.3, -0.25) is 4.68 Å². The largest absolute Gasteiger partial charge is 0.404 e. The summed E-state index contributed by atoms with van der Waals surface area (Å²) in [6, 6.07) is 1.79. The van der Waals surface area contributed by atoms with Crippen LogP contribution in [-0.2, 0) is 7.05 Å². The fourth-order valence-corrected chi connectivity index (χ4v) is 1.45. The second-order valence-corrected chi connectivity index (χ2v) is 3.80. The van der Waals surface area contributed by atoms with Crippen LogP contribution in [0.3, 0.4) is 0 Å². The standard InChI is InChI=1S/C8H11N7OS/c1-15-4-10-7(14-15)16-6-3-5(13-9)11-8(12-6)17-2/h3-4H,9H2,1-2H3,(H,11,12,13). The van der Waals surface area contributed by atoms with Crippen molar-refractivity contribution in [2.75, 3.05) is 11.7 Å². The summed E-state index contributed by atoms with van der Waals surface area (Å²) < 4.78 is 6.92. The molecule has 2 heterocycles. The van der Waals surface area contributed by atoms with Gasteiger partial charge >= 0.3 is 6.01 Å². The lowest BCUT2D eigenvalue weighted by Crippen LogP contribution is -2.09. The number of hydrogen-bond donors (Lipinski definition) is 2. The summed E-state index contributed by atoms with van der Waals surface area (Å²) in [5.74, 6) is 6.10. The first-order valence-corrected chi connectivity index (χ1v) is 5.87. The predicted molar refractivity (Wildman–Crippen MR) is 62.7 cm³/mol. The molecule has 2 rings (SSSR count). The van der Waals surface area contributed by atoms with Gasteiger partial charge in [0, 0.05) is 13.1 Å². The van der Waals surface area contributed by atoms with Crippen molar-refractivity contribution in [1.82, 2.24) is 24.7 Å². The highest BCUT2D eigenvalue weighted by atomic mass is 32.2. The summed E-state index contributed by atoms with van der Waals surface area (Å²) in [6.45, 7) is 0. The van der Waals surface area contributed by atoms with Crippen molar-refractivity contribution in [3.63, 3.8) is 0 Å². The normalized spacial score (nSPS) is 10.3. The minimum Gasteiger partial charge on any atom is -0.404 e. The molecule has 0 spiro atoms. The smallest absolute Gasteiger partial charge is 0.342 e. The Balaban J connectivity index is 2.25. The van der Waals surface area contributed by atoms with E-state index in [4.69, 9.17) is 10.6 Å². The third kappa shape index (κ3) is 2.82. The van der Waals surface area contributed by atoms with Gasteiger partial charge in [-0.2, -0.15) is 9.97 Å². The minimum atomic E-state index is 0.223. The van der Waals surface area contributed by atoms with E-state index in [1.165, 1.54) is 22.8 Å². The maximum atomic E-state index is 5.38. The SMILES string of the molecule is CSc1nc(NN)cc(Oc2ncn(C)n2)n1. The van der Waals surface area contributed by atoms with E-state index in [2.05, 4.69) is 25.5 Å². The van der Waals surface area contributed by atoms with E-state index in [0.717, 1.165) is 0 Å². The molecular weight excluding hydrogens is 242 g/mol. The van der Waals surface area contributed by atoms with Gasteiger partial charge in [-0.1, -0.05) is 11.8 Å². The first-order chi connectivity index (χ1) is 8.21. The van der Waals surface area contributed by atoms with Gasteiger partial charge in [-0.15, -0.1) is 5.10 Å². The highest BCUT2D eigenvalue weighted by Crippen LogP contribution is 2.21. The molecule has 8 nitrogen and oxygen atoms in total. The number of aromatic nitrogens is 5. The van der Waals surface area contributed by atoms with Crippen molar-refractivity contribution in [2.24, 2.45) is 12.9 Å². The van der Waals surface area contributed by atoms with Crippen molar-refractivity contribution in [3.8, 4) is 11.9 Å². The van der Waals surface area contributed by atoms with E-state index < -0.39 is 0 Å². The lowest BCUT2D eigenvalue weighted by Gasteiger charge is -2.04. The Kier molecular flexibility index (Phi) is 3.40. The highest BCUT2D eigenvalue weighted by molar-refractivity contribution is 7.98. The predicted octanol–water partition coefficient (Wildman–Crippen LogP) is 0.405. The molecule has 0 aliphatic carbocycles. The summed E-state index contributed by atoms with van der Waals surface area (Å²) >= 11 is 1.38. The van der Waals surface area contributed by atoms with Crippen LogP contribution >= 0.6 is 11.8 Å². The van der Waals surface area contributed by atoms with E-state index >= 15 is 0 Å². The number of nitrogens with zero attached hydrogens (tertiary/aromatic N) is 5. The average Bonchev–Trinajstić information content (AvgIpc) is 2.74. The van der Waals surface area contributed by atoms with Crippen LogP contribution in [0, 0.1) is 0 Å². The topological polar surface area (TPSA) is 104 Å². The summed E-state index contributed by atoms with van der Waals surface area (Å²) in [7, 11) is 1.75. The first-order valence-electron chi connectivity index (χ1n) is 4.64. The van der Waals surface area contributed by atoms with Crippen molar-refractivity contribution in [3.05, 3.63) is 12.4 Å². The van der Waals surface area contributed by atoms with Crippen molar-refractivity contribution in [1.29, 1.82) is 0 Å². The average molecular weight is 253 g/mol. The molecule has 0 amide bonds. The fourth-order valence-electron chi connectivity index (χ4n) is 1.08. The zero-order chi connectivity index (χ0) is 12.3. The van der Waals surface area contributed by atoms with E-state index in [0.29, 0.717) is 16.9 Å². The molecular formula is C8H11N7OS. The lowest BCUT2D eigenvalue weighted by atomic mass is 10.6. The maximum Gasteiger partial charge on any atom is 0.342 e. The molecule has 0 radical (unpaired) electrons. The number of thioether (sulfide) groups is 1. The molecule has 90 valence electrons. The van der Waals surface area contributed by atoms with Crippen molar-refractivity contribution in [2.45, 2.75) is 5.16 Å².